The van der Waals surface area contributed by atoms with Crippen LogP contribution in [0.3, 0.4) is 0 Å². The van der Waals surface area contributed by atoms with E-state index in [1.165, 1.54) is 0 Å². The van der Waals surface area contributed by atoms with Crippen molar-refractivity contribution in [2.45, 2.75) is 33.7 Å². The topological polar surface area (TPSA) is 20.3 Å². The molecule has 0 heterocycles. The lowest BCUT2D eigenvalue weighted by atomic mass is 9.90. The van der Waals surface area contributed by atoms with Crippen molar-refractivity contribution in [1.82, 2.24) is 4.90 Å². The monoisotopic (exact) mass is 267 g/mol. The van der Waals surface area contributed by atoms with Gasteiger partial charge in [0.25, 0.3) is 0 Å². The van der Waals surface area contributed by atoms with Gasteiger partial charge in [0.2, 0.25) is 0 Å². The van der Waals surface area contributed by atoms with Crippen LogP contribution in [0.4, 0.5) is 0 Å². The van der Waals surface area contributed by atoms with Crippen molar-refractivity contribution >= 4 is 17.4 Å². The van der Waals surface area contributed by atoms with Crippen LogP contribution in [0.1, 0.15) is 39.3 Å². The van der Waals surface area contributed by atoms with E-state index in [0.29, 0.717) is 6.54 Å². The van der Waals surface area contributed by atoms with Crippen molar-refractivity contribution in [3.8, 4) is 0 Å². The zero-order valence-electron chi connectivity index (χ0n) is 11.8. The number of ketones is 1. The number of benzene rings is 1. The summed E-state index contributed by atoms with van der Waals surface area (Å²) in [5, 5.41) is 0.731. The van der Waals surface area contributed by atoms with Crippen LogP contribution in [0.2, 0.25) is 5.02 Å². The number of Topliss-reactive ketones (excluding diaryl/α,β-unsaturated/α-hetero) is 1. The fourth-order valence-corrected chi connectivity index (χ4v) is 1.82. The van der Waals surface area contributed by atoms with Gasteiger partial charge in [-0.1, -0.05) is 44.5 Å². The van der Waals surface area contributed by atoms with E-state index in [9.17, 15) is 4.79 Å². The molecule has 0 aliphatic rings. The molecule has 0 N–H and O–H groups in total. The Labute approximate surface area is 115 Å². The van der Waals surface area contributed by atoms with Crippen LogP contribution in [0.5, 0.6) is 0 Å². The van der Waals surface area contributed by atoms with Crippen molar-refractivity contribution in [2.75, 3.05) is 13.6 Å². The van der Waals surface area contributed by atoms with E-state index >= 15 is 0 Å². The van der Waals surface area contributed by atoms with Crippen LogP contribution in [0, 0.1) is 5.41 Å². The SMILES string of the molecule is CC(c1cccc(Cl)c1)N(C)CC(=O)C(C)(C)C. The third-order valence-electron chi connectivity index (χ3n) is 3.22. The molecule has 1 atom stereocenters. The van der Waals surface area contributed by atoms with Gasteiger partial charge in [-0.05, 0) is 31.7 Å². The summed E-state index contributed by atoms with van der Waals surface area (Å²) in [4.78, 5) is 14.1. The summed E-state index contributed by atoms with van der Waals surface area (Å²) in [6.07, 6.45) is 0. The van der Waals surface area contributed by atoms with E-state index in [-0.39, 0.29) is 17.2 Å². The van der Waals surface area contributed by atoms with Gasteiger partial charge in [-0.3, -0.25) is 9.69 Å². The second-order valence-corrected chi connectivity index (χ2v) is 6.26. The van der Waals surface area contributed by atoms with Crippen molar-refractivity contribution in [3.05, 3.63) is 34.9 Å². The third kappa shape index (κ3) is 4.11. The van der Waals surface area contributed by atoms with Crippen LogP contribution >= 0.6 is 11.6 Å². The minimum Gasteiger partial charge on any atom is -0.298 e. The maximum absolute atomic E-state index is 12.0. The van der Waals surface area contributed by atoms with Gasteiger partial charge in [0.15, 0.2) is 5.78 Å². The molecule has 18 heavy (non-hydrogen) atoms. The molecule has 0 fully saturated rings. The highest BCUT2D eigenvalue weighted by Gasteiger charge is 2.24. The zero-order valence-corrected chi connectivity index (χ0v) is 12.6. The first-order chi connectivity index (χ1) is 8.21. The van der Waals surface area contributed by atoms with Gasteiger partial charge in [0, 0.05) is 16.5 Å². The molecule has 1 rings (SSSR count). The lowest BCUT2D eigenvalue weighted by Gasteiger charge is -2.27. The molecule has 0 saturated carbocycles. The van der Waals surface area contributed by atoms with Crippen molar-refractivity contribution in [2.24, 2.45) is 5.41 Å². The smallest absolute Gasteiger partial charge is 0.152 e. The zero-order chi connectivity index (χ0) is 13.9. The standard InChI is InChI=1S/C15H22ClNO/c1-11(12-7-6-8-13(16)9-12)17(5)10-14(18)15(2,3)4/h6-9,11H,10H2,1-5H3. The number of carbonyl (C=O) groups excluding carboxylic acids is 1. The molecule has 0 spiro atoms. The highest BCUT2D eigenvalue weighted by atomic mass is 35.5. The van der Waals surface area contributed by atoms with Crippen LogP contribution in [-0.4, -0.2) is 24.3 Å². The molecule has 0 saturated heterocycles. The number of halogens is 1. The number of rotatable bonds is 4. The van der Waals surface area contributed by atoms with Gasteiger partial charge < -0.3 is 0 Å². The number of likely N-dealkylation sites (N-methyl/N-ethyl adjacent to an activating group) is 1. The second-order valence-electron chi connectivity index (χ2n) is 5.82. The highest BCUT2D eigenvalue weighted by molar-refractivity contribution is 6.30. The number of carbonyl (C=O) groups is 1. The Balaban J connectivity index is 2.73. The molecule has 2 nitrogen and oxygen atoms in total. The van der Waals surface area contributed by atoms with Gasteiger partial charge >= 0.3 is 0 Å². The fourth-order valence-electron chi connectivity index (χ4n) is 1.62. The van der Waals surface area contributed by atoms with Crippen LogP contribution in [-0.2, 0) is 4.79 Å². The average molecular weight is 268 g/mol. The summed E-state index contributed by atoms with van der Waals surface area (Å²) >= 11 is 5.99. The number of hydrogen-bond acceptors (Lipinski definition) is 2. The molecule has 3 heteroatoms. The van der Waals surface area contributed by atoms with Gasteiger partial charge in [-0.15, -0.1) is 0 Å². The Morgan fingerprint density at radius 2 is 2.00 bits per heavy atom. The molecule has 0 bridgehead atoms. The van der Waals surface area contributed by atoms with E-state index in [4.69, 9.17) is 11.6 Å². The van der Waals surface area contributed by atoms with E-state index < -0.39 is 0 Å². The quantitative estimate of drug-likeness (QED) is 0.823. The Hall–Kier alpha value is -0.860. The highest BCUT2D eigenvalue weighted by Crippen LogP contribution is 2.23. The van der Waals surface area contributed by atoms with Crippen LogP contribution in [0.15, 0.2) is 24.3 Å². The second kappa shape index (κ2) is 5.85. The lowest BCUT2D eigenvalue weighted by Crippen LogP contribution is -2.34. The fraction of sp³-hybridized carbons (Fsp3) is 0.533. The van der Waals surface area contributed by atoms with Crippen molar-refractivity contribution in [3.63, 3.8) is 0 Å². The van der Waals surface area contributed by atoms with E-state index in [1.54, 1.807) is 0 Å². The maximum Gasteiger partial charge on any atom is 0.152 e. The molecule has 100 valence electrons. The summed E-state index contributed by atoms with van der Waals surface area (Å²) < 4.78 is 0. The Kier molecular flexibility index (Phi) is 4.94. The Morgan fingerprint density at radius 3 is 2.50 bits per heavy atom. The summed E-state index contributed by atoms with van der Waals surface area (Å²) in [7, 11) is 1.97. The maximum atomic E-state index is 12.0. The van der Waals surface area contributed by atoms with Crippen molar-refractivity contribution < 1.29 is 4.79 Å². The Morgan fingerprint density at radius 1 is 1.39 bits per heavy atom. The molecular weight excluding hydrogens is 246 g/mol. The summed E-state index contributed by atoms with van der Waals surface area (Å²) in [5.41, 5.74) is 0.842. The molecule has 1 aromatic carbocycles. The first-order valence-electron chi connectivity index (χ1n) is 6.21. The summed E-state index contributed by atoms with van der Waals surface area (Å²) in [6.45, 7) is 8.40. The largest absolute Gasteiger partial charge is 0.298 e. The third-order valence-corrected chi connectivity index (χ3v) is 3.46. The van der Waals surface area contributed by atoms with Gasteiger partial charge in [0.05, 0.1) is 6.54 Å². The molecule has 0 aromatic heterocycles. The van der Waals surface area contributed by atoms with Gasteiger partial charge in [-0.2, -0.15) is 0 Å². The summed E-state index contributed by atoms with van der Waals surface area (Å²) in [5.74, 6) is 0.249. The van der Waals surface area contributed by atoms with Gasteiger partial charge in [-0.25, -0.2) is 0 Å². The van der Waals surface area contributed by atoms with Crippen LogP contribution < -0.4 is 0 Å². The minimum atomic E-state index is -0.289. The lowest BCUT2D eigenvalue weighted by molar-refractivity contribution is -0.127. The predicted molar refractivity (Wildman–Crippen MR) is 77.0 cm³/mol. The van der Waals surface area contributed by atoms with Gasteiger partial charge in [0.1, 0.15) is 0 Å². The average Bonchev–Trinajstić information content (AvgIpc) is 2.26. The number of nitrogens with zero attached hydrogens (tertiary/aromatic N) is 1. The normalized spacial score (nSPS) is 13.7. The first-order valence-corrected chi connectivity index (χ1v) is 6.58. The van der Waals surface area contributed by atoms with Crippen molar-refractivity contribution in [1.29, 1.82) is 0 Å². The van der Waals surface area contributed by atoms with E-state index in [0.717, 1.165) is 10.6 Å². The molecule has 0 amide bonds. The van der Waals surface area contributed by atoms with E-state index in [2.05, 4.69) is 11.8 Å². The Bertz CT molecular complexity index is 423. The summed E-state index contributed by atoms with van der Waals surface area (Å²) in [6, 6.07) is 7.96. The number of hydrogen-bond donors (Lipinski definition) is 0. The molecular formula is C15H22ClNO. The predicted octanol–water partition coefficient (Wildman–Crippen LogP) is 3.95. The molecule has 1 aromatic rings. The molecule has 0 aliphatic heterocycles. The molecule has 1 unspecified atom stereocenters. The molecule has 0 radical (unpaired) electrons. The van der Waals surface area contributed by atoms with E-state index in [1.807, 2.05) is 52.1 Å². The minimum absolute atomic E-state index is 0.176. The van der Waals surface area contributed by atoms with Crippen LogP contribution in [0.25, 0.3) is 0 Å². The first kappa shape index (κ1) is 15.2. The molecule has 0 aliphatic carbocycles.